The van der Waals surface area contributed by atoms with Crippen molar-refractivity contribution in [3.05, 3.63) is 199 Å². The molecular weight excluding hydrogens is 741 g/mol. The number of aryl methyl sites for hydroxylation is 1. The number of para-hydroxylation sites is 2. The molecule has 0 bridgehead atoms. The van der Waals surface area contributed by atoms with Gasteiger partial charge in [0, 0.05) is 44.8 Å². The molecule has 0 saturated heterocycles. The molecule has 1 aliphatic rings. The minimum Gasteiger partial charge on any atom is -0.327 e. The van der Waals surface area contributed by atoms with E-state index in [2.05, 4.69) is 206 Å². The number of hydrogen-bond acceptors (Lipinski definition) is 3. The molecule has 6 heteroatoms. The molecule has 58 heavy (non-hydrogen) atoms. The molecule has 0 saturated carbocycles. The van der Waals surface area contributed by atoms with E-state index in [1.165, 1.54) is 58.0 Å². The normalized spacial score (nSPS) is 13.5. The van der Waals surface area contributed by atoms with Gasteiger partial charge in [-0.25, -0.2) is 9.97 Å². The van der Waals surface area contributed by atoms with Crippen molar-refractivity contribution in [2.24, 2.45) is 7.05 Å². The summed E-state index contributed by atoms with van der Waals surface area (Å²) in [5, 5.41) is 7.74. The van der Waals surface area contributed by atoms with E-state index in [9.17, 15) is 0 Å². The van der Waals surface area contributed by atoms with Crippen LogP contribution in [0, 0.1) is 0 Å². The minimum atomic E-state index is -2.99. The van der Waals surface area contributed by atoms with Crippen LogP contribution in [0.1, 0.15) is 25.0 Å². The van der Waals surface area contributed by atoms with Gasteiger partial charge in [-0.2, -0.15) is 0 Å². The summed E-state index contributed by atoms with van der Waals surface area (Å²) in [4.78, 5) is 12.8. The Bertz CT molecular complexity index is 3150. The van der Waals surface area contributed by atoms with Crippen LogP contribution in [-0.4, -0.2) is 27.2 Å². The third-order valence-electron chi connectivity index (χ3n) is 12.4. The van der Waals surface area contributed by atoms with Crippen LogP contribution in [0.5, 0.6) is 0 Å². The molecule has 4 heterocycles. The minimum absolute atomic E-state index is 0.158. The molecule has 0 unspecified atom stereocenters. The van der Waals surface area contributed by atoms with E-state index in [1.807, 2.05) is 24.0 Å². The monoisotopic (exact) mass is 780 g/mol. The van der Waals surface area contributed by atoms with Crippen molar-refractivity contribution in [1.82, 2.24) is 19.1 Å². The van der Waals surface area contributed by atoms with E-state index in [1.54, 1.807) is 0 Å². The lowest BCUT2D eigenvalue weighted by Gasteiger charge is -2.35. The first-order valence-electron chi connectivity index (χ1n) is 19.9. The van der Waals surface area contributed by atoms with E-state index < -0.39 is 8.07 Å². The van der Waals surface area contributed by atoms with E-state index >= 15 is 0 Å². The van der Waals surface area contributed by atoms with Gasteiger partial charge in [-0.1, -0.05) is 171 Å². The molecule has 278 valence electrons. The number of benzene rings is 7. The molecule has 0 aliphatic carbocycles. The van der Waals surface area contributed by atoms with E-state index in [0.29, 0.717) is 0 Å². The summed E-state index contributed by atoms with van der Waals surface area (Å²) < 4.78 is 4.66. The van der Waals surface area contributed by atoms with Crippen LogP contribution in [0.15, 0.2) is 198 Å². The zero-order valence-corrected chi connectivity index (χ0v) is 34.4. The van der Waals surface area contributed by atoms with E-state index in [4.69, 9.17) is 9.97 Å². The third-order valence-corrected chi connectivity index (χ3v) is 18.3. The molecule has 0 amide bonds. The zero-order chi connectivity index (χ0) is 39.0. The van der Waals surface area contributed by atoms with Gasteiger partial charge in [0.25, 0.3) is 0 Å². The Morgan fingerprint density at radius 3 is 1.98 bits per heavy atom. The number of fused-ring (bicyclic) bond motifs is 7. The highest BCUT2D eigenvalue weighted by molar-refractivity contribution is 7.99. The highest BCUT2D eigenvalue weighted by atomic mass is 32.2. The van der Waals surface area contributed by atoms with Gasteiger partial charge >= 0.3 is 0 Å². The Morgan fingerprint density at radius 2 is 1.22 bits per heavy atom. The van der Waals surface area contributed by atoms with Crippen LogP contribution in [-0.2, 0) is 12.5 Å². The van der Waals surface area contributed by atoms with Crippen molar-refractivity contribution in [3.63, 3.8) is 0 Å². The summed E-state index contributed by atoms with van der Waals surface area (Å²) in [5.74, 6) is 1.88. The highest BCUT2D eigenvalue weighted by Crippen LogP contribution is 2.52. The van der Waals surface area contributed by atoms with Crippen LogP contribution in [0.4, 0.5) is 0 Å². The second-order valence-corrected chi connectivity index (χ2v) is 20.7. The number of imidazole rings is 1. The summed E-state index contributed by atoms with van der Waals surface area (Å²) in [7, 11) is -0.863. The van der Waals surface area contributed by atoms with Crippen molar-refractivity contribution < 1.29 is 0 Å². The van der Waals surface area contributed by atoms with E-state index in [-0.39, 0.29) is 5.41 Å². The van der Waals surface area contributed by atoms with Crippen LogP contribution in [0.3, 0.4) is 0 Å². The average Bonchev–Trinajstić information content (AvgIpc) is 3.80. The SMILES string of the molecule is Cn1c(-c2cccc([Si](c3ccccc3)(c3ccccc3)c3ccc4c5ccc6c(c5n(-c5ccccn5)c4c3)Sc3ccccc3C6(C)C)c2)nc2ccccc21. The van der Waals surface area contributed by atoms with Gasteiger partial charge in [0.05, 0.1) is 22.1 Å². The molecule has 4 nitrogen and oxygen atoms in total. The lowest BCUT2D eigenvalue weighted by molar-refractivity contribution is 0.609. The fraction of sp³-hybridized carbons (Fsp3) is 0.0769. The number of hydrogen-bond donors (Lipinski definition) is 0. The first-order valence-corrected chi connectivity index (χ1v) is 22.7. The number of nitrogens with zero attached hydrogens (tertiary/aromatic N) is 4. The summed E-state index contributed by atoms with van der Waals surface area (Å²) >= 11 is 1.89. The quantitative estimate of drug-likeness (QED) is 0.125. The first kappa shape index (κ1) is 34.7. The molecule has 7 aromatic carbocycles. The smallest absolute Gasteiger partial charge is 0.179 e. The van der Waals surface area contributed by atoms with Crippen molar-refractivity contribution >= 4 is 73.4 Å². The van der Waals surface area contributed by atoms with Gasteiger partial charge in [-0.15, -0.1) is 0 Å². The average molecular weight is 781 g/mol. The van der Waals surface area contributed by atoms with E-state index in [0.717, 1.165) is 33.8 Å². The Hall–Kier alpha value is -6.47. The Kier molecular flexibility index (Phi) is 7.97. The van der Waals surface area contributed by atoms with Gasteiger partial charge in [-0.05, 0) is 68.3 Å². The summed E-state index contributed by atoms with van der Waals surface area (Å²) in [6, 6.07) is 67.2. The third kappa shape index (κ3) is 5.08. The van der Waals surface area contributed by atoms with Gasteiger partial charge in [0.15, 0.2) is 8.07 Å². The first-order chi connectivity index (χ1) is 28.4. The van der Waals surface area contributed by atoms with Crippen LogP contribution in [0.25, 0.3) is 50.0 Å². The lowest BCUT2D eigenvalue weighted by atomic mass is 9.77. The van der Waals surface area contributed by atoms with Gasteiger partial charge in [-0.3, -0.25) is 4.57 Å². The van der Waals surface area contributed by atoms with Gasteiger partial charge in [0.1, 0.15) is 11.6 Å². The largest absolute Gasteiger partial charge is 0.327 e. The molecule has 0 atom stereocenters. The highest BCUT2D eigenvalue weighted by Gasteiger charge is 2.42. The maximum Gasteiger partial charge on any atom is 0.179 e. The molecule has 10 aromatic rings. The predicted molar refractivity (Wildman–Crippen MR) is 245 cm³/mol. The van der Waals surface area contributed by atoms with Crippen molar-refractivity contribution in [2.75, 3.05) is 0 Å². The molecular formula is C52H40N4SSi. The fourth-order valence-corrected chi connectivity index (χ4v) is 15.9. The Morgan fingerprint density at radius 1 is 0.552 bits per heavy atom. The maximum absolute atomic E-state index is 5.16. The second-order valence-electron chi connectivity index (χ2n) is 15.9. The predicted octanol–water partition coefficient (Wildman–Crippen LogP) is 9.90. The standard InChI is InChI=1S/C52H40N4SSi/c1-52(2)42-23-10-13-26-47(42)57-50-43(52)31-30-41-40-29-28-39(34-46(40)56(49(41)50)48-27-14-15-32-53-48)58(36-18-6-4-7-19-36,37-20-8-5-9-21-37)38-22-16-17-35(33-38)51-54-44-24-11-12-25-45(44)55(51)3/h4-34H,1-3H3. The Balaban J connectivity index is 1.23. The van der Waals surface area contributed by atoms with Crippen LogP contribution in [0.2, 0.25) is 0 Å². The molecule has 0 spiro atoms. The number of pyridine rings is 1. The topological polar surface area (TPSA) is 35.6 Å². The summed E-state index contributed by atoms with van der Waals surface area (Å²) in [6.07, 6.45) is 1.91. The number of rotatable bonds is 6. The summed E-state index contributed by atoms with van der Waals surface area (Å²) in [6.45, 7) is 4.73. The van der Waals surface area contributed by atoms with Crippen molar-refractivity contribution in [3.8, 4) is 17.2 Å². The van der Waals surface area contributed by atoms with Crippen LogP contribution < -0.4 is 20.7 Å². The Labute approximate surface area is 343 Å². The molecule has 1 aliphatic heterocycles. The zero-order valence-electron chi connectivity index (χ0n) is 32.6. The van der Waals surface area contributed by atoms with Crippen LogP contribution >= 0.6 is 11.8 Å². The number of aromatic nitrogens is 4. The molecule has 0 N–H and O–H groups in total. The molecule has 0 radical (unpaired) electrons. The van der Waals surface area contributed by atoms with Gasteiger partial charge < -0.3 is 4.57 Å². The maximum atomic E-state index is 5.16. The molecule has 0 fully saturated rings. The lowest BCUT2D eigenvalue weighted by Crippen LogP contribution is -2.74. The fourth-order valence-electron chi connectivity index (χ4n) is 9.63. The van der Waals surface area contributed by atoms with Crippen molar-refractivity contribution in [1.29, 1.82) is 0 Å². The second kappa shape index (κ2) is 13.3. The molecule has 11 rings (SSSR count). The summed E-state index contributed by atoms with van der Waals surface area (Å²) in [5.41, 5.74) is 8.16. The van der Waals surface area contributed by atoms with Gasteiger partial charge in [0.2, 0.25) is 0 Å². The van der Waals surface area contributed by atoms with Crippen molar-refractivity contribution in [2.45, 2.75) is 29.1 Å². The molecule has 3 aromatic heterocycles.